The largest absolute Gasteiger partial charge is 0.483 e. The van der Waals surface area contributed by atoms with Gasteiger partial charge in [0.25, 0.3) is 5.91 Å². The van der Waals surface area contributed by atoms with E-state index in [-0.39, 0.29) is 35.7 Å². The molecular weight excluding hydrogens is 380 g/mol. The number of nitrogens with zero attached hydrogens (tertiary/aromatic N) is 2. The van der Waals surface area contributed by atoms with E-state index in [0.717, 1.165) is 17.7 Å². The predicted molar refractivity (Wildman–Crippen MR) is 106 cm³/mol. The number of hydrogen-bond donors (Lipinski definition) is 0. The fraction of sp³-hybridized carbons (Fsp3) is 0.650. The summed E-state index contributed by atoms with van der Waals surface area (Å²) < 4.78 is 35.1. The van der Waals surface area contributed by atoms with E-state index < -0.39 is 9.84 Å². The number of fused-ring (bicyclic) bond motifs is 1. The minimum atomic E-state index is -2.88. The molecule has 1 aromatic carbocycles. The van der Waals surface area contributed by atoms with Crippen molar-refractivity contribution >= 4 is 15.7 Å². The summed E-state index contributed by atoms with van der Waals surface area (Å²) in [5.74, 6) is 1.84. The molecule has 4 rings (SSSR count). The second kappa shape index (κ2) is 7.22. The standard InChI is InChI=1S/C20H28N2O5S/c1-20(2)12-15-4-3-5-17(19(15)27-20)26-13-18(23)22-9-7-21(8-10-22)16-6-11-28(24,25)14-16/h3-5,16H,6-14H2,1-2H3/t16-/m1/s1. The Bertz CT molecular complexity index is 859. The lowest BCUT2D eigenvalue weighted by Crippen LogP contribution is -2.53. The summed E-state index contributed by atoms with van der Waals surface area (Å²) in [6.07, 6.45) is 1.53. The minimum Gasteiger partial charge on any atom is -0.483 e. The molecule has 1 amide bonds. The number of benzene rings is 1. The zero-order chi connectivity index (χ0) is 19.9. The van der Waals surface area contributed by atoms with E-state index in [1.165, 1.54) is 0 Å². The summed E-state index contributed by atoms with van der Waals surface area (Å²) in [4.78, 5) is 16.6. The van der Waals surface area contributed by atoms with Crippen molar-refractivity contribution in [2.24, 2.45) is 0 Å². The molecule has 8 heteroatoms. The molecule has 0 unspecified atom stereocenters. The van der Waals surface area contributed by atoms with Gasteiger partial charge in [-0.15, -0.1) is 0 Å². The van der Waals surface area contributed by atoms with Crippen molar-refractivity contribution in [2.75, 3.05) is 44.3 Å². The summed E-state index contributed by atoms with van der Waals surface area (Å²) in [5, 5.41) is 0. The van der Waals surface area contributed by atoms with Gasteiger partial charge in [0.1, 0.15) is 5.60 Å². The molecular formula is C20H28N2O5S. The second-order valence-corrected chi connectivity index (χ2v) is 10.8. The Kier molecular flexibility index (Phi) is 5.03. The molecule has 0 saturated carbocycles. The quantitative estimate of drug-likeness (QED) is 0.743. The Morgan fingerprint density at radius 2 is 2.00 bits per heavy atom. The van der Waals surface area contributed by atoms with Crippen LogP contribution in [0.15, 0.2) is 18.2 Å². The number of amides is 1. The van der Waals surface area contributed by atoms with Crippen LogP contribution in [0, 0.1) is 0 Å². The van der Waals surface area contributed by atoms with Crippen LogP contribution in [-0.4, -0.2) is 80.1 Å². The van der Waals surface area contributed by atoms with Crippen molar-refractivity contribution in [1.29, 1.82) is 0 Å². The van der Waals surface area contributed by atoms with E-state index in [0.29, 0.717) is 38.3 Å². The first-order chi connectivity index (χ1) is 13.2. The van der Waals surface area contributed by atoms with Crippen LogP contribution in [0.1, 0.15) is 25.8 Å². The fourth-order valence-electron chi connectivity index (χ4n) is 4.33. The Morgan fingerprint density at radius 1 is 1.25 bits per heavy atom. The number of sulfone groups is 1. The molecule has 3 aliphatic rings. The molecule has 1 atom stereocenters. The van der Waals surface area contributed by atoms with Gasteiger partial charge in [-0.3, -0.25) is 9.69 Å². The van der Waals surface area contributed by atoms with E-state index in [2.05, 4.69) is 4.90 Å². The molecule has 1 aromatic rings. The molecule has 28 heavy (non-hydrogen) atoms. The topological polar surface area (TPSA) is 76.2 Å². The van der Waals surface area contributed by atoms with Crippen molar-refractivity contribution in [3.63, 3.8) is 0 Å². The molecule has 0 aliphatic carbocycles. The van der Waals surface area contributed by atoms with E-state index in [1.807, 2.05) is 32.0 Å². The van der Waals surface area contributed by atoms with Gasteiger partial charge >= 0.3 is 0 Å². The SMILES string of the molecule is CC1(C)Cc2cccc(OCC(=O)N3CCN([C@@H]4CCS(=O)(=O)C4)CC3)c2O1. The minimum absolute atomic E-state index is 0.0158. The number of piperazine rings is 1. The molecule has 2 saturated heterocycles. The third-order valence-electron chi connectivity index (χ3n) is 5.80. The summed E-state index contributed by atoms with van der Waals surface area (Å²) in [6.45, 7) is 6.70. The van der Waals surface area contributed by atoms with Crippen molar-refractivity contribution in [3.8, 4) is 11.5 Å². The first-order valence-corrected chi connectivity index (χ1v) is 11.7. The third kappa shape index (κ3) is 4.12. The average molecular weight is 409 g/mol. The van der Waals surface area contributed by atoms with E-state index in [1.54, 1.807) is 4.90 Å². The Morgan fingerprint density at radius 3 is 2.68 bits per heavy atom. The van der Waals surface area contributed by atoms with Crippen molar-refractivity contribution in [2.45, 2.75) is 38.3 Å². The molecule has 0 spiro atoms. The Balaban J connectivity index is 1.29. The third-order valence-corrected chi connectivity index (χ3v) is 7.55. The van der Waals surface area contributed by atoms with E-state index in [4.69, 9.17) is 9.47 Å². The van der Waals surface area contributed by atoms with Gasteiger partial charge < -0.3 is 14.4 Å². The van der Waals surface area contributed by atoms with Gasteiger partial charge in [-0.25, -0.2) is 8.42 Å². The van der Waals surface area contributed by atoms with Crippen LogP contribution < -0.4 is 9.47 Å². The lowest BCUT2D eigenvalue weighted by molar-refractivity contribution is -0.135. The van der Waals surface area contributed by atoms with Crippen LogP contribution in [0.25, 0.3) is 0 Å². The van der Waals surface area contributed by atoms with Gasteiger partial charge in [0.05, 0.1) is 11.5 Å². The van der Waals surface area contributed by atoms with Gasteiger partial charge in [-0.2, -0.15) is 0 Å². The number of para-hydroxylation sites is 1. The Labute approximate surface area is 166 Å². The molecule has 3 heterocycles. The highest BCUT2D eigenvalue weighted by atomic mass is 32.2. The number of carbonyl (C=O) groups excluding carboxylic acids is 1. The molecule has 7 nitrogen and oxygen atoms in total. The summed E-state index contributed by atoms with van der Waals surface area (Å²) >= 11 is 0. The number of carbonyl (C=O) groups is 1. The maximum Gasteiger partial charge on any atom is 0.260 e. The van der Waals surface area contributed by atoms with Crippen molar-refractivity contribution in [3.05, 3.63) is 23.8 Å². The molecule has 154 valence electrons. The van der Waals surface area contributed by atoms with Crippen LogP contribution >= 0.6 is 0 Å². The number of ether oxygens (including phenoxy) is 2. The zero-order valence-corrected chi connectivity index (χ0v) is 17.3. The lowest BCUT2D eigenvalue weighted by Gasteiger charge is -2.37. The Hall–Kier alpha value is -1.80. The van der Waals surface area contributed by atoms with Crippen molar-refractivity contribution in [1.82, 2.24) is 9.80 Å². The van der Waals surface area contributed by atoms with Gasteiger partial charge in [0.15, 0.2) is 27.9 Å². The molecule has 0 N–H and O–H groups in total. The molecule has 3 aliphatic heterocycles. The summed E-state index contributed by atoms with van der Waals surface area (Å²) in [7, 11) is -2.88. The maximum atomic E-state index is 12.6. The van der Waals surface area contributed by atoms with E-state index >= 15 is 0 Å². The van der Waals surface area contributed by atoms with Crippen LogP contribution in [0.5, 0.6) is 11.5 Å². The highest BCUT2D eigenvalue weighted by molar-refractivity contribution is 7.91. The number of hydrogen-bond acceptors (Lipinski definition) is 6. The number of rotatable bonds is 4. The predicted octanol–water partition coefficient (Wildman–Crippen LogP) is 1.11. The second-order valence-electron chi connectivity index (χ2n) is 8.55. The van der Waals surface area contributed by atoms with Crippen LogP contribution in [0.2, 0.25) is 0 Å². The van der Waals surface area contributed by atoms with Gasteiger partial charge in [-0.1, -0.05) is 12.1 Å². The summed E-state index contributed by atoms with van der Waals surface area (Å²) in [6, 6.07) is 5.90. The summed E-state index contributed by atoms with van der Waals surface area (Å²) in [5.41, 5.74) is 0.852. The molecule has 2 fully saturated rings. The fourth-order valence-corrected chi connectivity index (χ4v) is 6.09. The van der Waals surface area contributed by atoms with E-state index in [9.17, 15) is 13.2 Å². The van der Waals surface area contributed by atoms with Gasteiger partial charge in [0, 0.05) is 44.2 Å². The molecule has 0 radical (unpaired) electrons. The van der Waals surface area contributed by atoms with Crippen molar-refractivity contribution < 1.29 is 22.7 Å². The zero-order valence-electron chi connectivity index (χ0n) is 16.5. The average Bonchev–Trinajstić information content (AvgIpc) is 3.17. The monoisotopic (exact) mass is 408 g/mol. The van der Waals surface area contributed by atoms with Crippen LogP contribution in [-0.2, 0) is 21.1 Å². The molecule has 0 bridgehead atoms. The first kappa shape index (κ1) is 19.5. The van der Waals surface area contributed by atoms with Gasteiger partial charge in [-0.05, 0) is 26.3 Å². The normalized spacial score (nSPS) is 25.9. The highest BCUT2D eigenvalue weighted by Crippen LogP contribution is 2.41. The van der Waals surface area contributed by atoms with Crippen LogP contribution in [0.4, 0.5) is 0 Å². The highest BCUT2D eigenvalue weighted by Gasteiger charge is 2.35. The maximum absolute atomic E-state index is 12.6. The van der Waals surface area contributed by atoms with Crippen LogP contribution in [0.3, 0.4) is 0 Å². The van der Waals surface area contributed by atoms with Gasteiger partial charge in [0.2, 0.25) is 0 Å². The first-order valence-electron chi connectivity index (χ1n) is 9.88. The smallest absolute Gasteiger partial charge is 0.260 e. The lowest BCUT2D eigenvalue weighted by atomic mass is 10.0. The molecule has 0 aromatic heterocycles.